The quantitative estimate of drug-likeness (QED) is 0.0345. The van der Waals surface area contributed by atoms with Gasteiger partial charge in [-0.15, -0.1) is 0 Å². The first-order valence-electron chi connectivity index (χ1n) is 29.8. The predicted molar refractivity (Wildman–Crippen MR) is 315 cm³/mol. The number of rotatable bonds is 28. The first-order valence-corrected chi connectivity index (χ1v) is 29.8. The van der Waals surface area contributed by atoms with Gasteiger partial charge in [-0.2, -0.15) is 0 Å². The fourth-order valence-corrected chi connectivity index (χ4v) is 10.2. The number of hydrogen-bond acceptors (Lipinski definition) is 10. The number of hydrogen-bond donors (Lipinski definition) is 5. The second-order valence-corrected chi connectivity index (χ2v) is 21.5. The molecule has 0 spiro atoms. The number of amides is 6. The molecule has 438 valence electrons. The molecule has 3 aromatic carbocycles. The van der Waals surface area contributed by atoms with E-state index in [4.69, 9.17) is 18.9 Å². The summed E-state index contributed by atoms with van der Waals surface area (Å²) >= 11 is 0. The Bertz CT molecular complexity index is 2470. The summed E-state index contributed by atoms with van der Waals surface area (Å²) in [5, 5.41) is 15.3. The maximum atomic E-state index is 13.9. The standard InChI is InChI=1S/C65H88N6O10/c72-59(36-37-64(77)71-48-54-26-21-20-24-52(54)34-35-53-25-22-23-33-58(53)71)66-42-47-78-43-41-63(76)70-65(50-80-45-39-61(74)68-56-29-16-10-4-5-11-17-30-56,51-81-46-40-62(75)69-57-31-18-12-6-7-13-19-32-57)49-79-44-38-60(73)67-55-27-14-8-2-1-3-9-15-28-55/h1-3,8-9,14-15,20-28,33,56-57H,4-7,10-13,16-19,29-32,36-51H2,(H,66,72)(H,67,73)(H,68,74)(H,69,75)(H,70,76). The zero-order valence-corrected chi connectivity index (χ0v) is 47.6. The lowest BCUT2D eigenvalue weighted by Gasteiger charge is -2.34. The monoisotopic (exact) mass is 1110 g/mol. The number of fused-ring (bicyclic) bond motifs is 2. The van der Waals surface area contributed by atoms with Crippen LogP contribution in [0.15, 0.2) is 103 Å². The number of nitrogens with one attached hydrogen (secondary N) is 5. The molecule has 0 saturated heterocycles. The molecule has 5 N–H and O–H groups in total. The molecule has 3 aliphatic rings. The van der Waals surface area contributed by atoms with Crippen LogP contribution in [-0.2, 0) is 54.3 Å². The average molecular weight is 1110 g/mol. The van der Waals surface area contributed by atoms with Crippen molar-refractivity contribution in [2.45, 2.75) is 165 Å². The number of para-hydroxylation sites is 1. The van der Waals surface area contributed by atoms with Gasteiger partial charge in [-0.05, 0) is 61.6 Å². The lowest BCUT2D eigenvalue weighted by molar-refractivity contribution is -0.131. The van der Waals surface area contributed by atoms with Crippen molar-refractivity contribution in [3.05, 3.63) is 120 Å². The Hall–Kier alpha value is -6.64. The van der Waals surface area contributed by atoms with E-state index in [9.17, 15) is 28.8 Å². The molecular weight excluding hydrogens is 1020 g/mol. The summed E-state index contributed by atoms with van der Waals surface area (Å²) in [6.07, 6.45) is 17.9. The molecule has 2 fully saturated rings. The van der Waals surface area contributed by atoms with Crippen molar-refractivity contribution in [3.63, 3.8) is 0 Å². The second kappa shape index (κ2) is 37.4. The molecule has 16 heteroatoms. The van der Waals surface area contributed by atoms with E-state index in [1.165, 1.54) is 51.4 Å². The van der Waals surface area contributed by atoms with Gasteiger partial charge in [0.25, 0.3) is 0 Å². The lowest BCUT2D eigenvalue weighted by Crippen LogP contribution is -2.59. The number of ether oxygens (including phenoxy) is 4. The predicted octanol–water partition coefficient (Wildman–Crippen LogP) is 9.31. The third-order valence-corrected chi connectivity index (χ3v) is 14.7. The van der Waals surface area contributed by atoms with Gasteiger partial charge in [0.1, 0.15) is 5.54 Å². The van der Waals surface area contributed by atoms with Crippen molar-refractivity contribution in [1.82, 2.24) is 21.3 Å². The van der Waals surface area contributed by atoms with E-state index >= 15 is 0 Å². The third-order valence-electron chi connectivity index (χ3n) is 14.7. The van der Waals surface area contributed by atoms with E-state index in [0.29, 0.717) is 17.9 Å². The van der Waals surface area contributed by atoms with Gasteiger partial charge >= 0.3 is 0 Å². The minimum absolute atomic E-state index is 0.00540. The highest BCUT2D eigenvalue weighted by atomic mass is 16.5. The second-order valence-electron chi connectivity index (χ2n) is 21.5. The Morgan fingerprint density at radius 2 is 0.914 bits per heavy atom. The highest BCUT2D eigenvalue weighted by Crippen LogP contribution is 2.27. The molecule has 2 saturated carbocycles. The molecule has 0 unspecified atom stereocenters. The SMILES string of the molecule is O=C(CCC(=O)N1Cc2ccccc2C#Cc2ccccc21)NCCOCCC(=O)NC(COCCC(=O)Nc1ccccccccc1)(COCCC(=O)NC1CCCCCCCC1)COCCC(=O)NC1CCCCCCCC1. The molecule has 1 aliphatic heterocycles. The van der Waals surface area contributed by atoms with Crippen LogP contribution in [0.25, 0.3) is 0 Å². The number of nitrogens with zero attached hydrogens (tertiary/aromatic N) is 1. The Labute approximate surface area is 480 Å². The van der Waals surface area contributed by atoms with Crippen LogP contribution in [0.1, 0.15) is 158 Å². The molecule has 3 aromatic rings. The van der Waals surface area contributed by atoms with Crippen LogP contribution >= 0.6 is 0 Å². The Morgan fingerprint density at radius 3 is 1.49 bits per heavy atom. The van der Waals surface area contributed by atoms with E-state index in [0.717, 1.165) is 68.1 Å². The number of carbonyl (C=O) groups is 6. The molecule has 0 atom stereocenters. The summed E-state index contributed by atoms with van der Waals surface area (Å²) in [4.78, 5) is 81.9. The van der Waals surface area contributed by atoms with Crippen molar-refractivity contribution in [2.75, 3.05) is 69.6 Å². The van der Waals surface area contributed by atoms with Crippen LogP contribution in [0.3, 0.4) is 0 Å². The molecule has 6 amide bonds. The zero-order valence-electron chi connectivity index (χ0n) is 47.6. The van der Waals surface area contributed by atoms with Gasteiger partial charge in [-0.25, -0.2) is 0 Å². The minimum Gasteiger partial charge on any atom is -0.379 e. The summed E-state index contributed by atoms with van der Waals surface area (Å²) < 4.78 is 24.4. The van der Waals surface area contributed by atoms with Crippen LogP contribution in [0.5, 0.6) is 0 Å². The fourth-order valence-electron chi connectivity index (χ4n) is 10.2. The van der Waals surface area contributed by atoms with E-state index in [1.54, 1.807) is 17.0 Å². The highest BCUT2D eigenvalue weighted by molar-refractivity contribution is 5.97. The molecule has 6 rings (SSSR count). The fraction of sp³-hybridized carbons (Fsp3) is 0.538. The lowest BCUT2D eigenvalue weighted by atomic mass is 10.0. The smallest absolute Gasteiger partial charge is 0.227 e. The van der Waals surface area contributed by atoms with Crippen molar-refractivity contribution in [1.29, 1.82) is 0 Å². The molecule has 2 aliphatic carbocycles. The third kappa shape index (κ3) is 25.4. The van der Waals surface area contributed by atoms with Crippen LogP contribution in [0, 0.1) is 11.8 Å². The van der Waals surface area contributed by atoms with Crippen molar-refractivity contribution < 1.29 is 47.7 Å². The maximum Gasteiger partial charge on any atom is 0.227 e. The largest absolute Gasteiger partial charge is 0.379 e. The molecule has 0 bridgehead atoms. The topological polar surface area (TPSA) is 203 Å². The molecule has 16 nitrogen and oxygen atoms in total. The summed E-state index contributed by atoms with van der Waals surface area (Å²) in [7, 11) is 0. The zero-order chi connectivity index (χ0) is 57.0. The van der Waals surface area contributed by atoms with Crippen molar-refractivity contribution in [2.24, 2.45) is 0 Å². The van der Waals surface area contributed by atoms with E-state index in [2.05, 4.69) is 38.4 Å². The van der Waals surface area contributed by atoms with Gasteiger partial charge < -0.3 is 50.4 Å². The Balaban J connectivity index is 1.03. The first-order chi connectivity index (χ1) is 39.6. The van der Waals surface area contributed by atoms with Crippen molar-refractivity contribution >= 4 is 46.8 Å². The molecular formula is C65H88N6O10. The van der Waals surface area contributed by atoms with E-state index in [-0.39, 0.29) is 140 Å². The molecule has 0 radical (unpaired) electrons. The van der Waals surface area contributed by atoms with Gasteiger partial charge in [0.15, 0.2) is 0 Å². The number of benzene rings is 2. The Kier molecular flexibility index (Phi) is 29.3. The van der Waals surface area contributed by atoms with Crippen LogP contribution in [0.4, 0.5) is 11.4 Å². The van der Waals surface area contributed by atoms with Crippen LogP contribution < -0.4 is 31.5 Å². The summed E-state index contributed by atoms with van der Waals surface area (Å²) in [5.74, 6) is 5.06. The highest BCUT2D eigenvalue weighted by Gasteiger charge is 2.34. The van der Waals surface area contributed by atoms with Gasteiger partial charge in [0.2, 0.25) is 35.4 Å². The normalized spacial score (nSPS) is 15.2. The van der Waals surface area contributed by atoms with Crippen LogP contribution in [0.2, 0.25) is 0 Å². The Morgan fingerprint density at radius 1 is 0.457 bits per heavy atom. The summed E-state index contributed by atoms with van der Waals surface area (Å²) in [6.45, 7) is 0.487. The molecule has 0 aromatic heterocycles. The van der Waals surface area contributed by atoms with Gasteiger partial charge in [0, 0.05) is 67.5 Å². The van der Waals surface area contributed by atoms with Crippen molar-refractivity contribution in [3.8, 4) is 11.8 Å². The number of anilines is 2. The van der Waals surface area contributed by atoms with Gasteiger partial charge in [0.05, 0.1) is 71.5 Å². The summed E-state index contributed by atoms with van der Waals surface area (Å²) in [5.41, 5.74) is 2.53. The van der Waals surface area contributed by atoms with E-state index < -0.39 is 11.4 Å². The minimum atomic E-state index is -1.29. The van der Waals surface area contributed by atoms with Gasteiger partial charge in [-0.3, -0.25) is 28.8 Å². The molecule has 81 heavy (non-hydrogen) atoms. The first kappa shape index (κ1) is 63.5. The van der Waals surface area contributed by atoms with Crippen LogP contribution in [-0.4, -0.2) is 112 Å². The molecule has 1 heterocycles. The van der Waals surface area contributed by atoms with E-state index in [1.807, 2.05) is 91.0 Å². The number of carbonyl (C=O) groups excluding carboxylic acids is 6. The average Bonchev–Trinajstić information content (AvgIpc) is 3.70. The summed E-state index contributed by atoms with van der Waals surface area (Å²) in [6, 6.07) is 32.2. The van der Waals surface area contributed by atoms with Gasteiger partial charge in [-0.1, -0.05) is 162 Å². The maximum absolute atomic E-state index is 13.9.